The lowest BCUT2D eigenvalue weighted by Gasteiger charge is -2.36. The van der Waals surface area contributed by atoms with Crippen molar-refractivity contribution in [1.29, 1.82) is 0 Å². The minimum absolute atomic E-state index is 0.0804. The molecular weight excluding hydrogens is 286 g/mol. The standard InChI is InChI=1S/C15H21N3O4/c1-10-5-4-6-13(18(20)21)15(10)16-14(19)8-17-7-12(3)22-9-11(17)2/h4-6,11-12H,7-9H2,1-3H3,(H,16,19)/t11-,12-/m0/s1. The van der Waals surface area contributed by atoms with E-state index in [0.29, 0.717) is 18.7 Å². The number of nitrogens with zero attached hydrogens (tertiary/aromatic N) is 2. The van der Waals surface area contributed by atoms with Gasteiger partial charge in [-0.25, -0.2) is 0 Å². The Morgan fingerprint density at radius 3 is 2.91 bits per heavy atom. The molecule has 0 unspecified atom stereocenters. The van der Waals surface area contributed by atoms with Crippen molar-refractivity contribution >= 4 is 17.3 Å². The van der Waals surface area contributed by atoms with Crippen LogP contribution in [0.3, 0.4) is 0 Å². The molecule has 0 bridgehead atoms. The number of para-hydroxylation sites is 1. The zero-order valence-corrected chi connectivity index (χ0v) is 13.0. The number of nitro benzene ring substituents is 1. The Bertz CT molecular complexity index is 576. The minimum atomic E-state index is -0.484. The Hall–Kier alpha value is -1.99. The van der Waals surface area contributed by atoms with Crippen LogP contribution in [0.4, 0.5) is 11.4 Å². The first-order valence-corrected chi connectivity index (χ1v) is 7.28. The highest BCUT2D eigenvalue weighted by atomic mass is 16.6. The number of carbonyl (C=O) groups is 1. The molecule has 1 aliphatic rings. The van der Waals surface area contributed by atoms with Crippen molar-refractivity contribution in [1.82, 2.24) is 4.90 Å². The molecule has 2 atom stereocenters. The third-order valence-electron chi connectivity index (χ3n) is 3.80. The maximum absolute atomic E-state index is 12.2. The first-order valence-electron chi connectivity index (χ1n) is 7.28. The Balaban J connectivity index is 2.08. The molecule has 1 aliphatic heterocycles. The summed E-state index contributed by atoms with van der Waals surface area (Å²) in [6.07, 6.45) is 0.0804. The summed E-state index contributed by atoms with van der Waals surface area (Å²) < 4.78 is 5.53. The average Bonchev–Trinajstić information content (AvgIpc) is 2.44. The molecule has 1 N–H and O–H groups in total. The first kappa shape index (κ1) is 16.4. The molecule has 22 heavy (non-hydrogen) atoms. The van der Waals surface area contributed by atoms with Gasteiger partial charge in [0.1, 0.15) is 5.69 Å². The van der Waals surface area contributed by atoms with Gasteiger partial charge in [-0.1, -0.05) is 12.1 Å². The van der Waals surface area contributed by atoms with Crippen LogP contribution in [-0.2, 0) is 9.53 Å². The second-order valence-corrected chi connectivity index (χ2v) is 5.70. The molecule has 1 amide bonds. The molecule has 1 aromatic rings. The number of hydrogen-bond donors (Lipinski definition) is 1. The molecule has 1 fully saturated rings. The molecule has 0 aromatic heterocycles. The second-order valence-electron chi connectivity index (χ2n) is 5.70. The van der Waals surface area contributed by atoms with Gasteiger partial charge in [-0.05, 0) is 26.3 Å². The number of ether oxygens (including phenoxy) is 1. The summed E-state index contributed by atoms with van der Waals surface area (Å²) in [6.45, 7) is 7.14. The summed E-state index contributed by atoms with van der Waals surface area (Å²) in [6, 6.07) is 4.88. The van der Waals surface area contributed by atoms with Gasteiger partial charge in [0.05, 0.1) is 24.2 Å². The van der Waals surface area contributed by atoms with E-state index in [1.165, 1.54) is 6.07 Å². The topological polar surface area (TPSA) is 84.7 Å². The lowest BCUT2D eigenvalue weighted by Crippen LogP contribution is -2.50. The van der Waals surface area contributed by atoms with Gasteiger partial charge in [0.15, 0.2) is 0 Å². The molecule has 2 rings (SSSR count). The van der Waals surface area contributed by atoms with Crippen LogP contribution in [-0.4, -0.2) is 47.6 Å². The number of hydrogen-bond acceptors (Lipinski definition) is 5. The quantitative estimate of drug-likeness (QED) is 0.679. The van der Waals surface area contributed by atoms with Gasteiger partial charge in [-0.3, -0.25) is 19.8 Å². The third-order valence-corrected chi connectivity index (χ3v) is 3.80. The molecule has 0 saturated carbocycles. The number of nitrogens with one attached hydrogen (secondary N) is 1. The maximum atomic E-state index is 12.2. The fraction of sp³-hybridized carbons (Fsp3) is 0.533. The van der Waals surface area contributed by atoms with Gasteiger partial charge in [-0.15, -0.1) is 0 Å². The van der Waals surface area contributed by atoms with Crippen LogP contribution in [0.25, 0.3) is 0 Å². The van der Waals surface area contributed by atoms with Crippen LogP contribution in [0.5, 0.6) is 0 Å². The van der Waals surface area contributed by atoms with Gasteiger partial charge >= 0.3 is 0 Å². The number of morpholine rings is 1. The molecule has 7 nitrogen and oxygen atoms in total. The molecular formula is C15H21N3O4. The minimum Gasteiger partial charge on any atom is -0.376 e. The molecule has 1 heterocycles. The number of rotatable bonds is 4. The summed E-state index contributed by atoms with van der Waals surface area (Å²) in [5.41, 5.74) is 0.856. The SMILES string of the molecule is Cc1cccc([N+](=O)[O-])c1NC(=O)CN1C[C@H](C)OC[C@@H]1C. The van der Waals surface area contributed by atoms with Crippen molar-refractivity contribution in [2.75, 3.05) is 25.0 Å². The average molecular weight is 307 g/mol. The van der Waals surface area contributed by atoms with E-state index in [1.54, 1.807) is 19.1 Å². The second kappa shape index (κ2) is 6.85. The lowest BCUT2D eigenvalue weighted by molar-refractivity contribution is -0.384. The highest BCUT2D eigenvalue weighted by Crippen LogP contribution is 2.27. The van der Waals surface area contributed by atoms with Crippen LogP contribution in [0.15, 0.2) is 18.2 Å². The van der Waals surface area contributed by atoms with Crippen LogP contribution in [0.1, 0.15) is 19.4 Å². The lowest BCUT2D eigenvalue weighted by atomic mass is 10.1. The zero-order chi connectivity index (χ0) is 16.3. The molecule has 7 heteroatoms. The Morgan fingerprint density at radius 2 is 2.23 bits per heavy atom. The highest BCUT2D eigenvalue weighted by molar-refractivity contribution is 5.95. The number of amides is 1. The van der Waals surface area contributed by atoms with Crippen molar-refractivity contribution in [3.05, 3.63) is 33.9 Å². The first-order chi connectivity index (χ1) is 10.4. The Kier molecular flexibility index (Phi) is 5.10. The molecule has 1 aromatic carbocycles. The normalized spacial score (nSPS) is 22.3. The summed E-state index contributed by atoms with van der Waals surface area (Å²) >= 11 is 0. The molecule has 1 saturated heterocycles. The molecule has 0 radical (unpaired) electrons. The number of anilines is 1. The Morgan fingerprint density at radius 1 is 1.50 bits per heavy atom. The van der Waals surface area contributed by atoms with Crippen LogP contribution in [0.2, 0.25) is 0 Å². The Labute approximate surface area is 129 Å². The van der Waals surface area contributed by atoms with Crippen molar-refractivity contribution < 1.29 is 14.5 Å². The fourth-order valence-electron chi connectivity index (χ4n) is 2.52. The number of aryl methyl sites for hydroxylation is 1. The van der Waals surface area contributed by atoms with Crippen LogP contribution >= 0.6 is 0 Å². The van der Waals surface area contributed by atoms with Crippen molar-refractivity contribution in [2.24, 2.45) is 0 Å². The van der Waals surface area contributed by atoms with E-state index < -0.39 is 4.92 Å². The van der Waals surface area contributed by atoms with E-state index in [9.17, 15) is 14.9 Å². The van der Waals surface area contributed by atoms with E-state index in [-0.39, 0.29) is 36.0 Å². The van der Waals surface area contributed by atoms with Gasteiger partial charge in [-0.2, -0.15) is 0 Å². The van der Waals surface area contributed by atoms with Crippen molar-refractivity contribution in [2.45, 2.75) is 32.9 Å². The number of carbonyl (C=O) groups excluding carboxylic acids is 1. The zero-order valence-electron chi connectivity index (χ0n) is 13.0. The predicted molar refractivity (Wildman–Crippen MR) is 82.9 cm³/mol. The smallest absolute Gasteiger partial charge is 0.293 e. The van der Waals surface area contributed by atoms with E-state index in [4.69, 9.17) is 4.74 Å². The molecule has 120 valence electrons. The maximum Gasteiger partial charge on any atom is 0.293 e. The largest absolute Gasteiger partial charge is 0.376 e. The summed E-state index contributed by atoms with van der Waals surface area (Å²) in [5, 5.41) is 13.7. The monoisotopic (exact) mass is 307 g/mol. The van der Waals surface area contributed by atoms with E-state index in [1.807, 2.05) is 18.7 Å². The number of nitro groups is 1. The van der Waals surface area contributed by atoms with E-state index in [2.05, 4.69) is 5.32 Å². The number of benzene rings is 1. The van der Waals surface area contributed by atoms with Crippen molar-refractivity contribution in [3.63, 3.8) is 0 Å². The third kappa shape index (κ3) is 3.80. The van der Waals surface area contributed by atoms with Crippen LogP contribution < -0.4 is 5.32 Å². The van der Waals surface area contributed by atoms with Crippen LogP contribution in [0, 0.1) is 17.0 Å². The molecule has 0 spiro atoms. The highest BCUT2D eigenvalue weighted by Gasteiger charge is 2.26. The van der Waals surface area contributed by atoms with E-state index in [0.717, 1.165) is 0 Å². The van der Waals surface area contributed by atoms with E-state index >= 15 is 0 Å². The molecule has 0 aliphatic carbocycles. The van der Waals surface area contributed by atoms with Gasteiger partial charge in [0.25, 0.3) is 5.69 Å². The fourth-order valence-corrected chi connectivity index (χ4v) is 2.52. The summed E-state index contributed by atoms with van der Waals surface area (Å²) in [7, 11) is 0. The van der Waals surface area contributed by atoms with Gasteiger partial charge in [0, 0.05) is 18.7 Å². The van der Waals surface area contributed by atoms with Gasteiger partial charge in [0.2, 0.25) is 5.91 Å². The summed E-state index contributed by atoms with van der Waals surface area (Å²) in [5.74, 6) is -0.252. The predicted octanol–water partition coefficient (Wildman–Crippen LogP) is 1.95. The van der Waals surface area contributed by atoms with Gasteiger partial charge < -0.3 is 10.1 Å². The summed E-state index contributed by atoms with van der Waals surface area (Å²) in [4.78, 5) is 24.8. The van der Waals surface area contributed by atoms with Crippen molar-refractivity contribution in [3.8, 4) is 0 Å².